The van der Waals surface area contributed by atoms with Crippen LogP contribution < -0.4 is 4.74 Å². The number of hydrogen-bond donors (Lipinski definition) is 0. The molecule has 0 N–H and O–H groups in total. The van der Waals surface area contributed by atoms with E-state index in [1.807, 2.05) is 29.2 Å². The molecule has 2 aliphatic rings. The first-order valence-corrected chi connectivity index (χ1v) is 5.81. The van der Waals surface area contributed by atoms with Crippen molar-refractivity contribution >= 4 is 11.7 Å². The summed E-state index contributed by atoms with van der Waals surface area (Å²) >= 11 is 0. The van der Waals surface area contributed by atoms with Crippen molar-refractivity contribution in [2.24, 2.45) is 4.99 Å². The van der Waals surface area contributed by atoms with E-state index >= 15 is 0 Å². The number of nitrogens with zero attached hydrogens (tertiary/aromatic N) is 2. The van der Waals surface area contributed by atoms with E-state index in [1.165, 1.54) is 0 Å². The van der Waals surface area contributed by atoms with Crippen LogP contribution in [0.1, 0.15) is 18.4 Å². The van der Waals surface area contributed by atoms with Gasteiger partial charge in [0.15, 0.2) is 0 Å². The lowest BCUT2D eigenvalue weighted by atomic mass is 10.1. The van der Waals surface area contributed by atoms with E-state index in [0.717, 1.165) is 30.0 Å². The molecule has 0 bridgehead atoms. The molecule has 4 heteroatoms. The zero-order valence-corrected chi connectivity index (χ0v) is 9.72. The summed E-state index contributed by atoms with van der Waals surface area (Å²) in [5.41, 5.74) is 0.910. The number of benzene rings is 1. The number of ether oxygens (including phenoxy) is 1. The summed E-state index contributed by atoms with van der Waals surface area (Å²) in [5.74, 6) is 1.65. The molecular formula is C13H14N2O2. The fraction of sp³-hybridized carbons (Fsp3) is 0.385. The molecular weight excluding hydrogens is 216 g/mol. The molecule has 3 rings (SSSR count). The lowest BCUT2D eigenvalue weighted by Gasteiger charge is -2.19. The van der Waals surface area contributed by atoms with E-state index in [2.05, 4.69) is 4.99 Å². The monoisotopic (exact) mass is 230 g/mol. The zero-order valence-electron chi connectivity index (χ0n) is 9.72. The van der Waals surface area contributed by atoms with Crippen LogP contribution >= 0.6 is 0 Å². The number of carbonyl (C=O) groups excluding carboxylic acids is 1. The first-order chi connectivity index (χ1) is 8.31. The predicted octanol–water partition coefficient (Wildman–Crippen LogP) is 1.45. The van der Waals surface area contributed by atoms with Gasteiger partial charge >= 0.3 is 0 Å². The topological polar surface area (TPSA) is 41.9 Å². The summed E-state index contributed by atoms with van der Waals surface area (Å²) in [6, 6.07) is 8.06. The number of amides is 1. The largest absolute Gasteiger partial charge is 0.496 e. The average molecular weight is 230 g/mol. The van der Waals surface area contributed by atoms with E-state index < -0.39 is 0 Å². The summed E-state index contributed by atoms with van der Waals surface area (Å²) in [5, 5.41) is 0. The first-order valence-electron chi connectivity index (χ1n) is 5.81. The van der Waals surface area contributed by atoms with Crippen molar-refractivity contribution in [3.8, 4) is 5.75 Å². The summed E-state index contributed by atoms with van der Waals surface area (Å²) in [4.78, 5) is 18.0. The van der Waals surface area contributed by atoms with E-state index in [9.17, 15) is 4.79 Å². The van der Waals surface area contributed by atoms with Gasteiger partial charge in [0.05, 0.1) is 12.7 Å². The van der Waals surface area contributed by atoms with Gasteiger partial charge in [-0.1, -0.05) is 12.1 Å². The van der Waals surface area contributed by atoms with Crippen molar-refractivity contribution in [2.75, 3.05) is 13.7 Å². The maximum atomic E-state index is 11.8. The van der Waals surface area contributed by atoms with Crippen LogP contribution in [-0.2, 0) is 4.79 Å². The van der Waals surface area contributed by atoms with Crippen molar-refractivity contribution in [2.45, 2.75) is 18.9 Å². The quantitative estimate of drug-likeness (QED) is 0.788. The molecule has 17 heavy (non-hydrogen) atoms. The van der Waals surface area contributed by atoms with Gasteiger partial charge in [-0.2, -0.15) is 0 Å². The number of amidine groups is 1. The normalized spacial score (nSPS) is 19.5. The molecule has 1 aliphatic carbocycles. The minimum absolute atomic E-state index is 0.105. The number of rotatable bonds is 3. The Kier molecular flexibility index (Phi) is 2.35. The third kappa shape index (κ3) is 1.69. The summed E-state index contributed by atoms with van der Waals surface area (Å²) in [6.45, 7) is 0.268. The fourth-order valence-corrected chi connectivity index (χ4v) is 2.17. The van der Waals surface area contributed by atoms with Gasteiger partial charge in [0, 0.05) is 6.04 Å². The van der Waals surface area contributed by atoms with Gasteiger partial charge < -0.3 is 4.74 Å². The molecule has 0 spiro atoms. The highest BCUT2D eigenvalue weighted by atomic mass is 16.5. The van der Waals surface area contributed by atoms with Crippen molar-refractivity contribution in [3.63, 3.8) is 0 Å². The first kappa shape index (κ1) is 10.3. The van der Waals surface area contributed by atoms with Gasteiger partial charge in [0.25, 0.3) is 0 Å². The molecule has 4 nitrogen and oxygen atoms in total. The second-order valence-electron chi connectivity index (χ2n) is 4.34. The molecule has 88 valence electrons. The van der Waals surface area contributed by atoms with Crippen molar-refractivity contribution in [1.29, 1.82) is 0 Å². The van der Waals surface area contributed by atoms with Gasteiger partial charge in [0.1, 0.15) is 18.1 Å². The van der Waals surface area contributed by atoms with Gasteiger partial charge in [-0.15, -0.1) is 0 Å². The Morgan fingerprint density at radius 1 is 1.35 bits per heavy atom. The minimum atomic E-state index is 0.105. The molecule has 1 amide bonds. The molecule has 1 saturated carbocycles. The molecule has 0 aromatic heterocycles. The van der Waals surface area contributed by atoms with Crippen LogP contribution in [0.25, 0.3) is 0 Å². The van der Waals surface area contributed by atoms with Gasteiger partial charge in [-0.3, -0.25) is 14.7 Å². The molecule has 1 aromatic carbocycles. The van der Waals surface area contributed by atoms with Gasteiger partial charge in [0.2, 0.25) is 5.91 Å². The lowest BCUT2D eigenvalue weighted by Crippen LogP contribution is -2.35. The number of hydrogen-bond acceptors (Lipinski definition) is 3. The fourth-order valence-electron chi connectivity index (χ4n) is 2.17. The van der Waals surface area contributed by atoms with Crippen molar-refractivity contribution in [3.05, 3.63) is 29.8 Å². The second-order valence-corrected chi connectivity index (χ2v) is 4.34. The molecule has 1 aromatic rings. The molecule has 0 unspecified atom stereocenters. The number of methoxy groups -OCH3 is 1. The highest BCUT2D eigenvalue weighted by Crippen LogP contribution is 2.32. The molecule has 1 aliphatic heterocycles. The highest BCUT2D eigenvalue weighted by molar-refractivity contribution is 6.14. The summed E-state index contributed by atoms with van der Waals surface area (Å²) < 4.78 is 5.32. The van der Waals surface area contributed by atoms with Crippen LogP contribution in [0.3, 0.4) is 0 Å². The Labute approximate surface area is 99.9 Å². The molecule has 0 radical (unpaired) electrons. The van der Waals surface area contributed by atoms with Crippen LogP contribution in [0.4, 0.5) is 0 Å². The van der Waals surface area contributed by atoms with Gasteiger partial charge in [-0.25, -0.2) is 0 Å². The van der Waals surface area contributed by atoms with Crippen molar-refractivity contribution < 1.29 is 9.53 Å². The van der Waals surface area contributed by atoms with E-state index in [-0.39, 0.29) is 12.5 Å². The van der Waals surface area contributed by atoms with Crippen LogP contribution in [0.15, 0.2) is 29.3 Å². The third-order valence-corrected chi connectivity index (χ3v) is 3.12. The Hall–Kier alpha value is -1.84. The maximum absolute atomic E-state index is 11.8. The smallest absolute Gasteiger partial charge is 0.250 e. The van der Waals surface area contributed by atoms with Crippen LogP contribution in [0, 0.1) is 0 Å². The number of aliphatic imine (C=N–C) groups is 1. The molecule has 0 atom stereocenters. The van der Waals surface area contributed by atoms with Crippen molar-refractivity contribution in [1.82, 2.24) is 4.90 Å². The molecule has 1 heterocycles. The Balaban J connectivity index is 2.00. The zero-order chi connectivity index (χ0) is 11.8. The predicted molar refractivity (Wildman–Crippen MR) is 64.3 cm³/mol. The highest BCUT2D eigenvalue weighted by Gasteiger charge is 2.39. The van der Waals surface area contributed by atoms with E-state index in [1.54, 1.807) is 7.11 Å². The van der Waals surface area contributed by atoms with Crippen LogP contribution in [0.2, 0.25) is 0 Å². The average Bonchev–Trinajstić information content (AvgIpc) is 3.12. The minimum Gasteiger partial charge on any atom is -0.496 e. The van der Waals surface area contributed by atoms with Crippen LogP contribution in [0.5, 0.6) is 5.75 Å². The van der Waals surface area contributed by atoms with E-state index in [4.69, 9.17) is 4.74 Å². The number of carbonyl (C=O) groups is 1. The van der Waals surface area contributed by atoms with Crippen LogP contribution in [-0.4, -0.2) is 36.3 Å². The standard InChI is InChI=1S/C13H14N2O2/c1-17-11-5-3-2-4-10(11)13-14-8-12(16)15(13)9-6-7-9/h2-5,9H,6-8H2,1H3. The number of para-hydroxylation sites is 1. The summed E-state index contributed by atoms with van der Waals surface area (Å²) in [6.07, 6.45) is 2.17. The summed E-state index contributed by atoms with van der Waals surface area (Å²) in [7, 11) is 1.64. The Morgan fingerprint density at radius 3 is 2.82 bits per heavy atom. The third-order valence-electron chi connectivity index (χ3n) is 3.12. The van der Waals surface area contributed by atoms with E-state index in [0.29, 0.717) is 6.04 Å². The van der Waals surface area contributed by atoms with Gasteiger partial charge in [-0.05, 0) is 25.0 Å². The molecule has 0 saturated heterocycles. The Morgan fingerprint density at radius 2 is 2.12 bits per heavy atom. The Bertz CT molecular complexity index is 492. The second kappa shape index (κ2) is 3.87. The lowest BCUT2D eigenvalue weighted by molar-refractivity contribution is -0.125. The SMILES string of the molecule is COc1ccccc1C1=NCC(=O)N1C1CC1. The maximum Gasteiger partial charge on any atom is 0.250 e. The molecule has 1 fully saturated rings.